The van der Waals surface area contributed by atoms with Gasteiger partial charge in [-0.15, -0.1) is 15.3 Å². The summed E-state index contributed by atoms with van der Waals surface area (Å²) in [5.74, 6) is 0.901. The molecule has 1 atom stereocenters. The molecule has 0 bridgehead atoms. The van der Waals surface area contributed by atoms with Gasteiger partial charge in [-0.25, -0.2) is 4.39 Å². The van der Waals surface area contributed by atoms with Crippen LogP contribution in [0.1, 0.15) is 30.9 Å². The Kier molecular flexibility index (Phi) is 4.03. The van der Waals surface area contributed by atoms with Crippen LogP contribution in [0.2, 0.25) is 0 Å². The summed E-state index contributed by atoms with van der Waals surface area (Å²) >= 11 is 0. The predicted octanol–water partition coefficient (Wildman–Crippen LogP) is 3.40. The Bertz CT molecular complexity index is 1130. The highest BCUT2D eigenvalue weighted by Crippen LogP contribution is 2.34. The van der Waals surface area contributed by atoms with Gasteiger partial charge in [0.25, 0.3) is 0 Å². The van der Waals surface area contributed by atoms with E-state index in [9.17, 15) is 4.39 Å². The Morgan fingerprint density at radius 3 is 2.79 bits per heavy atom. The predicted molar refractivity (Wildman–Crippen MR) is 103 cm³/mol. The van der Waals surface area contributed by atoms with E-state index in [4.69, 9.17) is 5.10 Å². The molecule has 0 unspecified atom stereocenters. The molecule has 1 aliphatic rings. The largest absolute Gasteiger partial charge is 0.348 e. The van der Waals surface area contributed by atoms with Gasteiger partial charge < -0.3 is 4.90 Å². The summed E-state index contributed by atoms with van der Waals surface area (Å²) in [5, 5.41) is 17.4. The molecule has 1 aliphatic heterocycles. The number of hydrogen-bond donors (Lipinski definition) is 0. The molecule has 3 aromatic heterocycles. The molecule has 1 fully saturated rings. The van der Waals surface area contributed by atoms with E-state index in [2.05, 4.69) is 26.4 Å². The van der Waals surface area contributed by atoms with Gasteiger partial charge in [-0.05, 0) is 43.5 Å². The maximum Gasteiger partial charge on any atom is 0.188 e. The van der Waals surface area contributed by atoms with Gasteiger partial charge >= 0.3 is 0 Å². The summed E-state index contributed by atoms with van der Waals surface area (Å²) in [6.07, 6.45) is 7.31. The zero-order valence-electron chi connectivity index (χ0n) is 15.5. The Morgan fingerprint density at radius 2 is 1.96 bits per heavy atom. The van der Waals surface area contributed by atoms with Crippen LogP contribution in [-0.2, 0) is 7.05 Å². The fraction of sp³-hybridized carbons (Fsp3) is 0.300. The van der Waals surface area contributed by atoms with Crippen molar-refractivity contribution in [1.29, 1.82) is 0 Å². The third kappa shape index (κ3) is 2.81. The Hall–Kier alpha value is -3.29. The third-order valence-corrected chi connectivity index (χ3v) is 5.27. The Balaban J connectivity index is 1.59. The van der Waals surface area contributed by atoms with Crippen molar-refractivity contribution in [2.45, 2.75) is 25.3 Å². The van der Waals surface area contributed by atoms with Crippen molar-refractivity contribution in [2.24, 2.45) is 7.05 Å². The van der Waals surface area contributed by atoms with Crippen LogP contribution < -0.4 is 4.90 Å². The Labute approximate surface area is 161 Å². The zero-order chi connectivity index (χ0) is 19.1. The summed E-state index contributed by atoms with van der Waals surface area (Å²) in [7, 11) is 1.93. The minimum atomic E-state index is -0.338. The first-order chi connectivity index (χ1) is 13.7. The van der Waals surface area contributed by atoms with E-state index in [1.165, 1.54) is 18.1 Å². The van der Waals surface area contributed by atoms with Crippen LogP contribution in [0.15, 0.2) is 48.8 Å². The van der Waals surface area contributed by atoms with Gasteiger partial charge in [-0.1, -0.05) is 12.1 Å². The van der Waals surface area contributed by atoms with E-state index in [1.807, 2.05) is 30.1 Å². The first-order valence-electron chi connectivity index (χ1n) is 9.43. The molecule has 5 rings (SSSR count). The van der Waals surface area contributed by atoms with Crippen molar-refractivity contribution in [3.63, 3.8) is 0 Å². The second-order valence-corrected chi connectivity index (χ2v) is 7.12. The van der Waals surface area contributed by atoms with Gasteiger partial charge in [0.1, 0.15) is 11.6 Å². The molecule has 4 heterocycles. The first-order valence-corrected chi connectivity index (χ1v) is 9.43. The van der Waals surface area contributed by atoms with Crippen molar-refractivity contribution < 1.29 is 4.39 Å². The molecule has 0 spiro atoms. The van der Waals surface area contributed by atoms with Gasteiger partial charge in [0.05, 0.1) is 17.8 Å². The van der Waals surface area contributed by atoms with Gasteiger partial charge in [-0.3, -0.25) is 4.68 Å². The fourth-order valence-electron chi connectivity index (χ4n) is 3.91. The van der Waals surface area contributed by atoms with E-state index < -0.39 is 0 Å². The smallest absolute Gasteiger partial charge is 0.188 e. The van der Waals surface area contributed by atoms with E-state index in [0.717, 1.165) is 25.2 Å². The topological polar surface area (TPSA) is 64.1 Å². The number of anilines is 1. The van der Waals surface area contributed by atoms with Crippen LogP contribution in [-0.4, -0.2) is 36.1 Å². The molecular weight excluding hydrogens is 357 g/mol. The standard InChI is InChI=1S/C20H20FN7/c1-26-13-14(12-22-26)17-8-4-5-11-27(17)19-10-9-18-23-24-20(28(18)25-19)15-6-2-3-7-16(15)21/h2-3,6-7,9-10,12-13,17H,4-5,8,11H2,1H3/t17-/m0/s1. The second kappa shape index (κ2) is 6.70. The van der Waals surface area contributed by atoms with Crippen molar-refractivity contribution in [1.82, 2.24) is 29.6 Å². The number of aromatic nitrogens is 6. The highest BCUT2D eigenvalue weighted by Gasteiger charge is 2.27. The first kappa shape index (κ1) is 16.9. The lowest BCUT2D eigenvalue weighted by Crippen LogP contribution is -2.34. The van der Waals surface area contributed by atoms with E-state index in [-0.39, 0.29) is 11.9 Å². The van der Waals surface area contributed by atoms with Gasteiger partial charge in [0.15, 0.2) is 11.5 Å². The maximum absolute atomic E-state index is 14.3. The Morgan fingerprint density at radius 1 is 1.07 bits per heavy atom. The highest BCUT2D eigenvalue weighted by atomic mass is 19.1. The minimum absolute atomic E-state index is 0.223. The zero-order valence-corrected chi connectivity index (χ0v) is 15.5. The number of hydrogen-bond acceptors (Lipinski definition) is 5. The van der Waals surface area contributed by atoms with Crippen LogP contribution >= 0.6 is 0 Å². The molecule has 1 saturated heterocycles. The number of nitrogens with zero attached hydrogens (tertiary/aromatic N) is 7. The summed E-state index contributed by atoms with van der Waals surface area (Å²) in [4.78, 5) is 2.30. The SMILES string of the molecule is Cn1cc([C@@H]2CCCCN2c2ccc3nnc(-c4ccccc4F)n3n2)cn1. The molecule has 28 heavy (non-hydrogen) atoms. The summed E-state index contributed by atoms with van der Waals surface area (Å²) in [6, 6.07) is 10.6. The van der Waals surface area contributed by atoms with Gasteiger partial charge in [0.2, 0.25) is 0 Å². The molecular formula is C20H20FN7. The van der Waals surface area contributed by atoms with Crippen LogP contribution in [0.5, 0.6) is 0 Å². The van der Waals surface area contributed by atoms with Crippen LogP contribution in [0.25, 0.3) is 17.0 Å². The van der Waals surface area contributed by atoms with Crippen molar-refractivity contribution in [3.05, 3.63) is 60.2 Å². The normalized spacial score (nSPS) is 17.4. The van der Waals surface area contributed by atoms with E-state index in [0.29, 0.717) is 17.0 Å². The molecule has 0 saturated carbocycles. The maximum atomic E-state index is 14.3. The van der Waals surface area contributed by atoms with Gasteiger partial charge in [-0.2, -0.15) is 9.61 Å². The number of fused-ring (bicyclic) bond motifs is 1. The average molecular weight is 377 g/mol. The lowest BCUT2D eigenvalue weighted by Gasteiger charge is -2.36. The molecule has 0 aliphatic carbocycles. The van der Waals surface area contributed by atoms with E-state index in [1.54, 1.807) is 22.7 Å². The molecule has 0 radical (unpaired) electrons. The summed E-state index contributed by atoms with van der Waals surface area (Å²) in [5.41, 5.74) is 2.17. The number of rotatable bonds is 3. The molecule has 142 valence electrons. The molecule has 4 aromatic rings. The van der Waals surface area contributed by atoms with Crippen LogP contribution in [0.4, 0.5) is 10.2 Å². The second-order valence-electron chi connectivity index (χ2n) is 7.12. The van der Waals surface area contributed by atoms with Crippen molar-refractivity contribution in [2.75, 3.05) is 11.4 Å². The fourth-order valence-corrected chi connectivity index (χ4v) is 3.91. The molecule has 0 N–H and O–H groups in total. The summed E-state index contributed by atoms with van der Waals surface area (Å²) < 4.78 is 17.7. The quantitative estimate of drug-likeness (QED) is 0.548. The molecule has 0 amide bonds. The minimum Gasteiger partial charge on any atom is -0.348 e. The third-order valence-electron chi connectivity index (χ3n) is 5.27. The molecule has 8 heteroatoms. The number of aryl methyl sites for hydroxylation is 1. The van der Waals surface area contributed by atoms with E-state index >= 15 is 0 Å². The van der Waals surface area contributed by atoms with Crippen molar-refractivity contribution in [3.8, 4) is 11.4 Å². The van der Waals surface area contributed by atoms with Crippen LogP contribution in [0, 0.1) is 5.82 Å². The number of benzene rings is 1. The summed E-state index contributed by atoms with van der Waals surface area (Å²) in [6.45, 7) is 0.912. The number of halogens is 1. The number of piperidine rings is 1. The van der Waals surface area contributed by atoms with Crippen LogP contribution in [0.3, 0.4) is 0 Å². The highest BCUT2D eigenvalue weighted by molar-refractivity contribution is 5.60. The monoisotopic (exact) mass is 377 g/mol. The molecule has 1 aromatic carbocycles. The lowest BCUT2D eigenvalue weighted by atomic mass is 9.97. The molecule has 7 nitrogen and oxygen atoms in total. The van der Waals surface area contributed by atoms with Gasteiger partial charge in [0, 0.05) is 25.4 Å². The average Bonchev–Trinajstić information content (AvgIpc) is 3.34. The lowest BCUT2D eigenvalue weighted by molar-refractivity contribution is 0.467. The van der Waals surface area contributed by atoms with Crippen molar-refractivity contribution >= 4 is 11.5 Å².